The Balaban J connectivity index is 1.86. The molecule has 1 saturated heterocycles. The highest BCUT2D eigenvalue weighted by Crippen LogP contribution is 2.41. The van der Waals surface area contributed by atoms with E-state index in [0.717, 1.165) is 27.3 Å². The third-order valence-electron chi connectivity index (χ3n) is 5.02. The Morgan fingerprint density at radius 2 is 1.74 bits per heavy atom. The molecule has 6 heteroatoms. The summed E-state index contributed by atoms with van der Waals surface area (Å²) >= 11 is 1.58. The first kappa shape index (κ1) is 19.0. The Morgan fingerprint density at radius 1 is 1.15 bits per heavy atom. The van der Waals surface area contributed by atoms with Crippen molar-refractivity contribution < 1.29 is 9.90 Å². The van der Waals surface area contributed by atoms with Crippen LogP contribution in [-0.4, -0.2) is 22.5 Å². The van der Waals surface area contributed by atoms with E-state index < -0.39 is 11.4 Å². The Labute approximate surface area is 163 Å². The van der Waals surface area contributed by atoms with Gasteiger partial charge >= 0.3 is 5.97 Å². The number of hydrogen-bond acceptors (Lipinski definition) is 5. The summed E-state index contributed by atoms with van der Waals surface area (Å²) in [4.78, 5) is 12.2. The van der Waals surface area contributed by atoms with Crippen LogP contribution < -0.4 is 11.5 Å². The number of carboxylic acid groups (broad SMARTS) is 1. The number of thioether (sulfide) groups is 1. The van der Waals surface area contributed by atoms with Gasteiger partial charge in [-0.25, -0.2) is 0 Å². The Hall–Kier alpha value is -2.73. The smallest absolute Gasteiger partial charge is 0.313 e. The van der Waals surface area contributed by atoms with Gasteiger partial charge in [-0.3, -0.25) is 4.79 Å². The molecule has 3 rings (SSSR count). The summed E-state index contributed by atoms with van der Waals surface area (Å²) in [6.07, 6.45) is 0. The first-order valence-corrected chi connectivity index (χ1v) is 9.61. The van der Waals surface area contributed by atoms with E-state index in [2.05, 4.69) is 0 Å². The largest absolute Gasteiger partial charge is 0.481 e. The van der Waals surface area contributed by atoms with Gasteiger partial charge in [0.05, 0.1) is 21.7 Å². The van der Waals surface area contributed by atoms with Crippen molar-refractivity contribution in [2.24, 2.45) is 5.73 Å². The quantitative estimate of drug-likeness (QED) is 0.602. The molecule has 27 heavy (non-hydrogen) atoms. The maximum Gasteiger partial charge on any atom is 0.313 e. The van der Waals surface area contributed by atoms with Gasteiger partial charge in [-0.05, 0) is 42.7 Å². The lowest BCUT2D eigenvalue weighted by molar-refractivity contribution is -0.142. The Bertz CT molecular complexity index is 915. The van der Waals surface area contributed by atoms with Crippen molar-refractivity contribution in [3.63, 3.8) is 0 Å². The molecule has 140 valence electrons. The van der Waals surface area contributed by atoms with Crippen LogP contribution in [-0.2, 0) is 10.2 Å². The van der Waals surface area contributed by atoms with E-state index in [-0.39, 0.29) is 5.92 Å². The molecule has 0 aromatic heterocycles. The minimum Gasteiger partial charge on any atom is -0.481 e. The summed E-state index contributed by atoms with van der Waals surface area (Å²) < 4.78 is 0. The molecule has 1 unspecified atom stereocenters. The van der Waals surface area contributed by atoms with Crippen LogP contribution in [0.15, 0.2) is 53.4 Å². The third-order valence-corrected chi connectivity index (χ3v) is 6.25. The van der Waals surface area contributed by atoms with Crippen molar-refractivity contribution in [3.05, 3.63) is 70.1 Å². The number of carboxylic acids is 1. The molecule has 6 N–H and O–H groups in total. The van der Waals surface area contributed by atoms with Crippen LogP contribution in [0.2, 0.25) is 0 Å². The predicted octanol–water partition coefficient (Wildman–Crippen LogP) is 3.81. The lowest BCUT2D eigenvalue weighted by Gasteiger charge is -2.20. The van der Waals surface area contributed by atoms with Crippen molar-refractivity contribution in [2.75, 3.05) is 11.5 Å². The van der Waals surface area contributed by atoms with E-state index in [4.69, 9.17) is 16.9 Å². The van der Waals surface area contributed by atoms with Gasteiger partial charge in [-0.2, -0.15) is 0 Å². The number of nitrogen functional groups attached to an aromatic ring is 1. The average Bonchev–Trinajstić information content (AvgIpc) is 3.03. The van der Waals surface area contributed by atoms with E-state index in [9.17, 15) is 9.90 Å². The number of hydrogen-bond donors (Lipinski definition) is 4. The highest BCUT2D eigenvalue weighted by Gasteiger charge is 2.32. The number of allylic oxidation sites excluding steroid dienone is 1. The zero-order valence-corrected chi connectivity index (χ0v) is 16.1. The standard InChI is InChI=1S/C21H23N3O2S/c1-21(2,20(25)26)14-7-3-12(4-8-14)16-11-27-19(18(16)24)17(23)13-5-9-15(22)10-6-13/h3-10,16,24H,11,22-23H2,1-2H3,(H,25,26)/b19-17+,24-18?. The molecule has 0 bridgehead atoms. The maximum absolute atomic E-state index is 11.4. The monoisotopic (exact) mass is 381 g/mol. The van der Waals surface area contributed by atoms with E-state index in [1.54, 1.807) is 37.7 Å². The highest BCUT2D eigenvalue weighted by molar-refractivity contribution is 8.04. The molecule has 1 heterocycles. The van der Waals surface area contributed by atoms with Crippen molar-refractivity contribution >= 4 is 34.8 Å². The fraction of sp³-hybridized carbons (Fsp3) is 0.238. The number of anilines is 1. The van der Waals surface area contributed by atoms with E-state index >= 15 is 0 Å². The number of rotatable bonds is 4. The summed E-state index contributed by atoms with van der Waals surface area (Å²) in [6, 6.07) is 14.8. The van der Waals surface area contributed by atoms with Crippen LogP contribution in [0.25, 0.3) is 5.70 Å². The molecule has 0 amide bonds. The molecule has 1 atom stereocenters. The molecular formula is C21H23N3O2S. The van der Waals surface area contributed by atoms with Gasteiger partial charge in [0.1, 0.15) is 0 Å². The van der Waals surface area contributed by atoms with Crippen LogP contribution >= 0.6 is 11.8 Å². The number of aliphatic carboxylic acids is 1. The molecule has 1 fully saturated rings. The minimum absolute atomic E-state index is 0.0562. The summed E-state index contributed by atoms with van der Waals surface area (Å²) in [7, 11) is 0. The zero-order chi connectivity index (χ0) is 19.8. The Kier molecular flexibility index (Phi) is 5.02. The molecule has 5 nitrogen and oxygen atoms in total. The SMILES string of the molecule is CC(C)(C(=O)O)c1ccc(C2CS/C(=C(/N)c3ccc(N)cc3)C2=N)cc1. The molecule has 0 radical (unpaired) electrons. The maximum atomic E-state index is 11.4. The van der Waals surface area contributed by atoms with Gasteiger partial charge in [0.2, 0.25) is 0 Å². The average molecular weight is 382 g/mol. The van der Waals surface area contributed by atoms with Gasteiger partial charge < -0.3 is 22.0 Å². The normalized spacial score (nSPS) is 19.2. The first-order valence-electron chi connectivity index (χ1n) is 8.63. The summed E-state index contributed by atoms with van der Waals surface area (Å²) in [6.45, 7) is 3.37. The fourth-order valence-electron chi connectivity index (χ4n) is 3.02. The molecule has 1 aliphatic heterocycles. The van der Waals surface area contributed by atoms with Crippen molar-refractivity contribution in [1.29, 1.82) is 5.41 Å². The van der Waals surface area contributed by atoms with E-state index in [1.165, 1.54) is 0 Å². The topological polar surface area (TPSA) is 113 Å². The van der Waals surface area contributed by atoms with Crippen molar-refractivity contribution in [2.45, 2.75) is 25.2 Å². The van der Waals surface area contributed by atoms with Gasteiger partial charge in [-0.15, -0.1) is 11.8 Å². The second-order valence-electron chi connectivity index (χ2n) is 7.19. The summed E-state index contributed by atoms with van der Waals surface area (Å²) in [5.74, 6) is -0.175. The zero-order valence-electron chi connectivity index (χ0n) is 15.3. The summed E-state index contributed by atoms with van der Waals surface area (Å²) in [5, 5.41) is 18.0. The Morgan fingerprint density at radius 3 is 2.30 bits per heavy atom. The number of nitrogens with one attached hydrogen (secondary N) is 1. The molecule has 1 aliphatic rings. The third kappa shape index (κ3) is 3.57. The predicted molar refractivity (Wildman–Crippen MR) is 112 cm³/mol. The van der Waals surface area contributed by atoms with Crippen molar-refractivity contribution in [1.82, 2.24) is 0 Å². The van der Waals surface area contributed by atoms with Crippen molar-refractivity contribution in [3.8, 4) is 0 Å². The number of nitrogens with two attached hydrogens (primary N) is 2. The van der Waals surface area contributed by atoms with Crippen LogP contribution in [0.5, 0.6) is 0 Å². The fourth-order valence-corrected chi connectivity index (χ4v) is 4.28. The van der Waals surface area contributed by atoms with Gasteiger partial charge in [-0.1, -0.05) is 36.4 Å². The molecule has 0 aliphatic carbocycles. The van der Waals surface area contributed by atoms with Crippen LogP contribution in [0.1, 0.15) is 36.5 Å². The van der Waals surface area contributed by atoms with Crippen LogP contribution in [0, 0.1) is 5.41 Å². The number of carbonyl (C=O) groups is 1. The lowest BCUT2D eigenvalue weighted by atomic mass is 9.83. The molecule has 0 saturated carbocycles. The second-order valence-corrected chi connectivity index (χ2v) is 8.22. The summed E-state index contributed by atoms with van der Waals surface area (Å²) in [5.41, 5.74) is 15.5. The molecular weight excluding hydrogens is 358 g/mol. The van der Waals surface area contributed by atoms with Crippen LogP contribution in [0.4, 0.5) is 5.69 Å². The van der Waals surface area contributed by atoms with Gasteiger partial charge in [0.15, 0.2) is 0 Å². The molecule has 2 aromatic rings. The van der Waals surface area contributed by atoms with Gasteiger partial charge in [0, 0.05) is 17.4 Å². The highest BCUT2D eigenvalue weighted by atomic mass is 32.2. The number of benzene rings is 2. The second kappa shape index (κ2) is 7.12. The molecule has 0 spiro atoms. The van der Waals surface area contributed by atoms with E-state index in [1.807, 2.05) is 36.4 Å². The van der Waals surface area contributed by atoms with Gasteiger partial charge in [0.25, 0.3) is 0 Å². The van der Waals surface area contributed by atoms with Crippen LogP contribution in [0.3, 0.4) is 0 Å². The van der Waals surface area contributed by atoms with E-state index in [0.29, 0.717) is 17.1 Å². The first-order chi connectivity index (χ1) is 12.7. The lowest BCUT2D eigenvalue weighted by Crippen LogP contribution is -2.28. The minimum atomic E-state index is -0.943. The molecule has 2 aromatic carbocycles.